The van der Waals surface area contributed by atoms with Crippen LogP contribution in [0.5, 0.6) is 0 Å². The summed E-state index contributed by atoms with van der Waals surface area (Å²) in [5, 5.41) is 10.8. The molecule has 0 radical (unpaired) electrons. The fourth-order valence-corrected chi connectivity index (χ4v) is 1.30. The van der Waals surface area contributed by atoms with E-state index in [0.717, 1.165) is 5.57 Å². The first kappa shape index (κ1) is 10.8. The lowest BCUT2D eigenvalue weighted by atomic mass is 9.82. The van der Waals surface area contributed by atoms with E-state index in [0.29, 0.717) is 5.71 Å². The molecule has 0 fully saturated rings. The molecule has 76 valence electrons. The standard InChI is InChI=1S/C12H18N2/c1-12(2,3)10-6-5-9(8-14-4)11(13)7-10/h5-8,13-14H,1-4H3/b9-8-,13-11?. The predicted octanol–water partition coefficient (Wildman–Crippen LogP) is 2.65. The first-order valence-electron chi connectivity index (χ1n) is 4.82. The Hall–Kier alpha value is -1.31. The maximum atomic E-state index is 7.82. The van der Waals surface area contributed by atoms with Crippen LogP contribution in [0, 0.1) is 10.8 Å². The van der Waals surface area contributed by atoms with Crippen LogP contribution in [0.3, 0.4) is 0 Å². The molecule has 0 saturated heterocycles. The van der Waals surface area contributed by atoms with Crippen molar-refractivity contribution in [3.05, 3.63) is 35.6 Å². The Bertz CT molecular complexity index is 325. The molecule has 1 aliphatic carbocycles. The van der Waals surface area contributed by atoms with Crippen LogP contribution in [0.2, 0.25) is 0 Å². The zero-order chi connectivity index (χ0) is 10.8. The Kier molecular flexibility index (Phi) is 2.94. The number of hydrogen-bond acceptors (Lipinski definition) is 2. The zero-order valence-corrected chi connectivity index (χ0v) is 9.31. The van der Waals surface area contributed by atoms with Gasteiger partial charge < -0.3 is 10.7 Å². The maximum absolute atomic E-state index is 7.82. The van der Waals surface area contributed by atoms with Crippen molar-refractivity contribution in [3.8, 4) is 0 Å². The first-order chi connectivity index (χ1) is 6.45. The molecule has 0 atom stereocenters. The van der Waals surface area contributed by atoms with E-state index in [-0.39, 0.29) is 5.41 Å². The topological polar surface area (TPSA) is 35.9 Å². The summed E-state index contributed by atoms with van der Waals surface area (Å²) in [6.45, 7) is 6.47. The van der Waals surface area contributed by atoms with Crippen LogP contribution in [0.15, 0.2) is 35.6 Å². The molecule has 2 heteroatoms. The highest BCUT2D eigenvalue weighted by Gasteiger charge is 2.18. The van der Waals surface area contributed by atoms with Gasteiger partial charge in [-0.3, -0.25) is 0 Å². The van der Waals surface area contributed by atoms with Gasteiger partial charge in [-0.1, -0.05) is 32.9 Å². The Labute approximate surface area is 85.9 Å². The monoisotopic (exact) mass is 190 g/mol. The lowest BCUT2D eigenvalue weighted by molar-refractivity contribution is 0.517. The van der Waals surface area contributed by atoms with Gasteiger partial charge in [-0.2, -0.15) is 0 Å². The van der Waals surface area contributed by atoms with Gasteiger partial charge in [-0.25, -0.2) is 0 Å². The summed E-state index contributed by atoms with van der Waals surface area (Å²) < 4.78 is 0. The molecule has 0 aliphatic heterocycles. The van der Waals surface area contributed by atoms with E-state index in [1.54, 1.807) is 0 Å². The van der Waals surface area contributed by atoms with Crippen molar-refractivity contribution < 1.29 is 0 Å². The van der Waals surface area contributed by atoms with Crippen LogP contribution >= 0.6 is 0 Å². The summed E-state index contributed by atoms with van der Waals surface area (Å²) in [7, 11) is 1.84. The zero-order valence-electron chi connectivity index (χ0n) is 9.31. The summed E-state index contributed by atoms with van der Waals surface area (Å²) in [4.78, 5) is 0. The van der Waals surface area contributed by atoms with E-state index in [4.69, 9.17) is 5.41 Å². The Morgan fingerprint density at radius 2 is 1.93 bits per heavy atom. The molecule has 1 rings (SSSR count). The van der Waals surface area contributed by atoms with Crippen LogP contribution in [0.1, 0.15) is 20.8 Å². The number of rotatable bonds is 1. The molecular formula is C12H18N2. The smallest absolute Gasteiger partial charge is 0.0629 e. The van der Waals surface area contributed by atoms with Crippen LogP contribution in [0.25, 0.3) is 0 Å². The van der Waals surface area contributed by atoms with Gasteiger partial charge >= 0.3 is 0 Å². The molecular weight excluding hydrogens is 172 g/mol. The van der Waals surface area contributed by atoms with Gasteiger partial charge in [0.2, 0.25) is 0 Å². The van der Waals surface area contributed by atoms with E-state index in [9.17, 15) is 0 Å². The fraction of sp³-hybridized carbons (Fsp3) is 0.417. The van der Waals surface area contributed by atoms with Crippen molar-refractivity contribution in [3.63, 3.8) is 0 Å². The molecule has 0 amide bonds. The largest absolute Gasteiger partial charge is 0.393 e. The third kappa shape index (κ3) is 2.34. The molecule has 0 aromatic carbocycles. The number of nitrogens with one attached hydrogen (secondary N) is 2. The minimum absolute atomic E-state index is 0.119. The van der Waals surface area contributed by atoms with Gasteiger partial charge in [-0.15, -0.1) is 0 Å². The van der Waals surface area contributed by atoms with E-state index < -0.39 is 0 Å². The minimum atomic E-state index is 0.119. The van der Waals surface area contributed by atoms with Crippen LogP contribution in [-0.2, 0) is 0 Å². The molecule has 2 N–H and O–H groups in total. The lowest BCUT2D eigenvalue weighted by Gasteiger charge is -2.23. The minimum Gasteiger partial charge on any atom is -0.393 e. The van der Waals surface area contributed by atoms with Crippen molar-refractivity contribution in [2.24, 2.45) is 5.41 Å². The quantitative estimate of drug-likeness (QED) is 0.655. The van der Waals surface area contributed by atoms with Gasteiger partial charge in [0, 0.05) is 18.8 Å². The van der Waals surface area contributed by atoms with E-state index in [1.807, 2.05) is 25.4 Å². The van der Waals surface area contributed by atoms with Crippen LogP contribution in [0.4, 0.5) is 0 Å². The van der Waals surface area contributed by atoms with Gasteiger partial charge in [0.1, 0.15) is 0 Å². The highest BCUT2D eigenvalue weighted by molar-refractivity contribution is 6.10. The van der Waals surface area contributed by atoms with E-state index in [2.05, 4.69) is 32.2 Å². The van der Waals surface area contributed by atoms with Crippen molar-refractivity contribution in [1.82, 2.24) is 5.32 Å². The third-order valence-corrected chi connectivity index (χ3v) is 2.22. The highest BCUT2D eigenvalue weighted by atomic mass is 14.8. The van der Waals surface area contributed by atoms with Crippen molar-refractivity contribution in [1.29, 1.82) is 5.41 Å². The Balaban J connectivity index is 2.94. The van der Waals surface area contributed by atoms with Gasteiger partial charge in [0.25, 0.3) is 0 Å². The van der Waals surface area contributed by atoms with Crippen LogP contribution in [-0.4, -0.2) is 12.8 Å². The molecule has 0 aromatic heterocycles. The molecule has 0 heterocycles. The molecule has 2 nitrogen and oxygen atoms in total. The normalized spacial score (nSPS) is 19.9. The highest BCUT2D eigenvalue weighted by Crippen LogP contribution is 2.29. The van der Waals surface area contributed by atoms with Crippen molar-refractivity contribution in [2.75, 3.05) is 7.05 Å². The van der Waals surface area contributed by atoms with Crippen LogP contribution < -0.4 is 5.32 Å². The van der Waals surface area contributed by atoms with Crippen molar-refractivity contribution >= 4 is 5.71 Å². The second-order valence-corrected chi connectivity index (χ2v) is 4.49. The average molecular weight is 190 g/mol. The lowest BCUT2D eigenvalue weighted by Crippen LogP contribution is -2.14. The predicted molar refractivity (Wildman–Crippen MR) is 61.5 cm³/mol. The molecule has 0 saturated carbocycles. The summed E-state index contributed by atoms with van der Waals surface area (Å²) >= 11 is 0. The Morgan fingerprint density at radius 3 is 2.36 bits per heavy atom. The van der Waals surface area contributed by atoms with Crippen molar-refractivity contribution in [2.45, 2.75) is 20.8 Å². The Morgan fingerprint density at radius 1 is 1.29 bits per heavy atom. The number of allylic oxidation sites excluding steroid dienone is 5. The number of hydrogen-bond donors (Lipinski definition) is 2. The molecule has 0 bridgehead atoms. The molecule has 0 unspecified atom stereocenters. The molecule has 14 heavy (non-hydrogen) atoms. The summed E-state index contributed by atoms with van der Waals surface area (Å²) in [6, 6.07) is 0. The molecule has 0 aromatic rings. The third-order valence-electron chi connectivity index (χ3n) is 2.22. The van der Waals surface area contributed by atoms with Gasteiger partial charge in [0.05, 0.1) is 5.71 Å². The summed E-state index contributed by atoms with van der Waals surface area (Å²) in [6.07, 6.45) is 7.85. The first-order valence-corrected chi connectivity index (χ1v) is 4.82. The van der Waals surface area contributed by atoms with E-state index in [1.165, 1.54) is 5.57 Å². The van der Waals surface area contributed by atoms with Gasteiger partial charge in [-0.05, 0) is 17.1 Å². The second-order valence-electron chi connectivity index (χ2n) is 4.49. The summed E-state index contributed by atoms with van der Waals surface area (Å²) in [5.41, 5.74) is 2.83. The molecule has 0 spiro atoms. The fourth-order valence-electron chi connectivity index (χ4n) is 1.30. The van der Waals surface area contributed by atoms with E-state index >= 15 is 0 Å². The molecule has 1 aliphatic rings. The SMILES string of the molecule is CN/C=C1/C=CC(C(C)(C)C)=CC1=N. The van der Waals surface area contributed by atoms with Gasteiger partial charge in [0.15, 0.2) is 0 Å². The summed E-state index contributed by atoms with van der Waals surface area (Å²) in [5.74, 6) is 0. The average Bonchev–Trinajstić information content (AvgIpc) is 2.07. The maximum Gasteiger partial charge on any atom is 0.0629 e. The second kappa shape index (κ2) is 3.82.